The van der Waals surface area contributed by atoms with Crippen LogP contribution in [-0.4, -0.2) is 142 Å². The molecule has 0 saturated carbocycles. The Morgan fingerprint density at radius 2 is 0.924 bits per heavy atom. The van der Waals surface area contributed by atoms with E-state index in [1.807, 2.05) is 12.2 Å². The lowest BCUT2D eigenvalue weighted by molar-refractivity contribution is -0.332. The molecule has 2 saturated heterocycles. The molecule has 11 atom stereocenters. The average Bonchev–Trinajstić information content (AvgIpc) is 3.31. The van der Waals surface area contributed by atoms with Gasteiger partial charge in [0.1, 0.15) is 55.4 Å². The Kier molecular flexibility index (Phi) is 34.6. The van der Waals surface area contributed by atoms with Crippen LogP contribution < -0.4 is 0 Å². The Balaban J connectivity index is 1.82. The Bertz CT molecular complexity index is 1340. The van der Waals surface area contributed by atoms with Crippen LogP contribution in [0.4, 0.5) is 0 Å². The molecular formula is C51H88O15. The number of hydrogen-bond acceptors (Lipinski definition) is 15. The van der Waals surface area contributed by atoms with Gasteiger partial charge >= 0.3 is 11.9 Å². The number of carbonyl (C=O) groups excluding carboxylic acids is 2. The highest BCUT2D eigenvalue weighted by atomic mass is 16.7. The van der Waals surface area contributed by atoms with Crippen LogP contribution in [0.15, 0.2) is 48.6 Å². The number of ether oxygens (including phenoxy) is 6. The van der Waals surface area contributed by atoms with E-state index in [0.717, 1.165) is 44.9 Å². The van der Waals surface area contributed by atoms with E-state index in [1.165, 1.54) is 77.0 Å². The molecule has 2 aliphatic heterocycles. The maximum absolute atomic E-state index is 13.0. The van der Waals surface area contributed by atoms with Crippen molar-refractivity contribution >= 4 is 11.9 Å². The molecule has 15 heteroatoms. The highest BCUT2D eigenvalue weighted by molar-refractivity contribution is 5.70. The van der Waals surface area contributed by atoms with Crippen LogP contribution in [0, 0.1) is 0 Å². The molecule has 2 heterocycles. The van der Waals surface area contributed by atoms with E-state index < -0.39 is 99.3 Å². The molecule has 4 unspecified atom stereocenters. The molecule has 0 bridgehead atoms. The molecule has 0 aromatic carbocycles. The Morgan fingerprint density at radius 1 is 0.485 bits per heavy atom. The fourth-order valence-corrected chi connectivity index (χ4v) is 7.62. The van der Waals surface area contributed by atoms with Crippen LogP contribution in [0.5, 0.6) is 0 Å². The number of allylic oxidation sites excluding steroid dienone is 8. The molecule has 0 aromatic heterocycles. The van der Waals surface area contributed by atoms with Gasteiger partial charge in [-0.15, -0.1) is 0 Å². The van der Waals surface area contributed by atoms with Gasteiger partial charge in [-0.1, -0.05) is 152 Å². The molecule has 2 aliphatic rings. The van der Waals surface area contributed by atoms with E-state index in [2.05, 4.69) is 50.3 Å². The summed E-state index contributed by atoms with van der Waals surface area (Å²) in [7, 11) is 0. The summed E-state index contributed by atoms with van der Waals surface area (Å²) in [6.07, 6.45) is 24.5. The first kappa shape index (κ1) is 59.6. The molecule has 0 radical (unpaired) electrons. The van der Waals surface area contributed by atoms with Crippen molar-refractivity contribution in [3.05, 3.63) is 48.6 Å². The minimum atomic E-state index is -1.77. The monoisotopic (exact) mass is 941 g/mol. The van der Waals surface area contributed by atoms with Gasteiger partial charge in [0.25, 0.3) is 0 Å². The van der Waals surface area contributed by atoms with E-state index in [9.17, 15) is 45.3 Å². The Labute approximate surface area is 395 Å². The molecular weight excluding hydrogens is 853 g/mol. The average molecular weight is 941 g/mol. The Morgan fingerprint density at radius 3 is 1.47 bits per heavy atom. The normalized spacial score (nSPS) is 26.6. The summed E-state index contributed by atoms with van der Waals surface area (Å²) in [4.78, 5) is 25.6. The number of rotatable bonds is 38. The van der Waals surface area contributed by atoms with Gasteiger partial charge in [0.2, 0.25) is 0 Å². The van der Waals surface area contributed by atoms with Crippen molar-refractivity contribution in [2.45, 2.75) is 235 Å². The van der Waals surface area contributed by atoms with Gasteiger partial charge in [-0.25, -0.2) is 0 Å². The minimum absolute atomic E-state index is 0.0895. The SMILES string of the molecule is CCCCCCCCC/C=C/C/C=C/C/C=C/C/C=C/CCCC(=O)O[C@H](COC(=O)CCCCCCCCCCC)CO[C@H]1O[C@@H](CO[C@H]2O[C@@H](CO)[C@@H](O)C(O)C2O)[C@@H](O)C(O)C1O. The molecule has 0 aliphatic carbocycles. The van der Waals surface area contributed by atoms with E-state index in [1.54, 1.807) is 0 Å². The fraction of sp³-hybridized carbons (Fsp3) is 0.804. The smallest absolute Gasteiger partial charge is 0.306 e. The number of aliphatic hydroxyl groups excluding tert-OH is 7. The number of carbonyl (C=O) groups is 2. The molecule has 7 N–H and O–H groups in total. The van der Waals surface area contributed by atoms with Crippen LogP contribution in [-0.2, 0) is 38.0 Å². The molecule has 15 nitrogen and oxygen atoms in total. The van der Waals surface area contributed by atoms with E-state index in [0.29, 0.717) is 19.3 Å². The Hall–Kier alpha value is -2.54. The van der Waals surface area contributed by atoms with Gasteiger partial charge in [-0.05, 0) is 51.4 Å². The number of aliphatic hydroxyl groups is 7. The van der Waals surface area contributed by atoms with Crippen molar-refractivity contribution in [2.75, 3.05) is 26.4 Å². The zero-order valence-electron chi connectivity index (χ0n) is 40.2. The van der Waals surface area contributed by atoms with Crippen molar-refractivity contribution in [3.63, 3.8) is 0 Å². The lowest BCUT2D eigenvalue weighted by Crippen LogP contribution is -2.61. The van der Waals surface area contributed by atoms with Gasteiger partial charge in [-0.2, -0.15) is 0 Å². The summed E-state index contributed by atoms with van der Waals surface area (Å²) >= 11 is 0. The van der Waals surface area contributed by atoms with Gasteiger partial charge < -0.3 is 64.2 Å². The molecule has 0 aromatic rings. The topological polar surface area (TPSA) is 231 Å². The lowest BCUT2D eigenvalue weighted by Gasteiger charge is -2.42. The number of unbranched alkanes of at least 4 members (excludes halogenated alkanes) is 16. The largest absolute Gasteiger partial charge is 0.462 e. The molecule has 2 rings (SSSR count). The third-order valence-corrected chi connectivity index (χ3v) is 11.8. The second-order valence-electron chi connectivity index (χ2n) is 17.6. The van der Waals surface area contributed by atoms with Crippen LogP contribution in [0.2, 0.25) is 0 Å². The maximum atomic E-state index is 13.0. The third kappa shape index (κ3) is 26.3. The predicted octanol–water partition coefficient (Wildman–Crippen LogP) is 6.71. The van der Waals surface area contributed by atoms with Crippen LogP contribution >= 0.6 is 0 Å². The first-order valence-corrected chi connectivity index (χ1v) is 25.2. The van der Waals surface area contributed by atoms with Crippen LogP contribution in [0.1, 0.15) is 168 Å². The van der Waals surface area contributed by atoms with E-state index in [-0.39, 0.29) is 19.4 Å². The summed E-state index contributed by atoms with van der Waals surface area (Å²) < 4.78 is 33.4. The highest BCUT2D eigenvalue weighted by Crippen LogP contribution is 2.26. The van der Waals surface area contributed by atoms with Crippen molar-refractivity contribution in [3.8, 4) is 0 Å². The standard InChI is InChI=1S/C51H88O15/c1-3-5-7-9-11-13-14-15-16-17-18-19-20-21-22-23-24-26-28-30-32-34-43(54)64-39(36-61-42(53)33-31-29-27-25-12-10-8-6-4-2)37-62-50-49(60)47(58)45(56)41(66-50)38-63-51-48(59)46(57)44(55)40(35-52)65-51/h16-17,19-20,22-23,26,28,39-41,44-52,55-60H,3-15,18,21,24-25,27,29-38H2,1-2H3/b17-16+,20-19+,23-22+,28-26+/t39-,40+,41+,44-,45-,46?,47?,48?,49?,50+,51+/m1/s1. The van der Waals surface area contributed by atoms with E-state index >= 15 is 0 Å². The van der Waals surface area contributed by atoms with Crippen LogP contribution in [0.3, 0.4) is 0 Å². The molecule has 66 heavy (non-hydrogen) atoms. The zero-order valence-corrected chi connectivity index (χ0v) is 40.2. The number of esters is 2. The van der Waals surface area contributed by atoms with Gasteiger partial charge in [-0.3, -0.25) is 9.59 Å². The summed E-state index contributed by atoms with van der Waals surface area (Å²) in [6, 6.07) is 0. The van der Waals surface area contributed by atoms with Crippen molar-refractivity contribution in [1.29, 1.82) is 0 Å². The van der Waals surface area contributed by atoms with Crippen molar-refractivity contribution < 1.29 is 73.8 Å². The fourth-order valence-electron chi connectivity index (χ4n) is 7.62. The second-order valence-corrected chi connectivity index (χ2v) is 17.6. The molecule has 0 amide bonds. The van der Waals surface area contributed by atoms with Gasteiger partial charge in [0, 0.05) is 12.8 Å². The first-order chi connectivity index (χ1) is 32.0. The highest BCUT2D eigenvalue weighted by Gasteiger charge is 2.47. The molecule has 2 fully saturated rings. The lowest BCUT2D eigenvalue weighted by atomic mass is 9.98. The van der Waals surface area contributed by atoms with Crippen molar-refractivity contribution in [2.24, 2.45) is 0 Å². The molecule has 382 valence electrons. The van der Waals surface area contributed by atoms with E-state index in [4.69, 9.17) is 28.4 Å². The zero-order chi connectivity index (χ0) is 48.2. The minimum Gasteiger partial charge on any atom is -0.462 e. The number of hydrogen-bond donors (Lipinski definition) is 7. The van der Waals surface area contributed by atoms with Crippen molar-refractivity contribution in [1.82, 2.24) is 0 Å². The summed E-state index contributed by atoms with van der Waals surface area (Å²) in [5.74, 6) is -0.994. The summed E-state index contributed by atoms with van der Waals surface area (Å²) in [5.41, 5.74) is 0. The third-order valence-electron chi connectivity index (χ3n) is 11.8. The second kappa shape index (κ2) is 38.3. The van der Waals surface area contributed by atoms with Gasteiger partial charge in [0.05, 0.1) is 19.8 Å². The van der Waals surface area contributed by atoms with Gasteiger partial charge in [0.15, 0.2) is 18.7 Å². The quantitative estimate of drug-likeness (QED) is 0.0194. The summed E-state index contributed by atoms with van der Waals surface area (Å²) in [5, 5.41) is 71.9. The molecule has 0 spiro atoms. The first-order valence-electron chi connectivity index (χ1n) is 25.2. The summed E-state index contributed by atoms with van der Waals surface area (Å²) in [6.45, 7) is 2.49. The predicted molar refractivity (Wildman–Crippen MR) is 252 cm³/mol. The van der Waals surface area contributed by atoms with Crippen LogP contribution in [0.25, 0.3) is 0 Å². The maximum Gasteiger partial charge on any atom is 0.306 e.